The Kier molecular flexibility index (Phi) is 3.11. The normalized spacial score (nSPS) is 20.2. The number of fused-ring (bicyclic) bond motifs is 1. The number of carbonyl (C=O) groups excluding carboxylic acids is 1. The summed E-state index contributed by atoms with van der Waals surface area (Å²) in [6.07, 6.45) is 8.09. The van der Waals surface area contributed by atoms with E-state index in [9.17, 15) is 4.79 Å². The fraction of sp³-hybridized carbons (Fsp3) is 0.562. The molecule has 18 heavy (non-hydrogen) atoms. The van der Waals surface area contributed by atoms with E-state index in [4.69, 9.17) is 5.73 Å². The number of nitrogens with two attached hydrogens (primary N) is 1. The first-order chi connectivity index (χ1) is 8.74. The minimum atomic E-state index is -0.162. The van der Waals surface area contributed by atoms with E-state index in [2.05, 4.69) is 18.2 Å². The summed E-state index contributed by atoms with van der Waals surface area (Å²) < 4.78 is 0. The minimum absolute atomic E-state index is 0.162. The van der Waals surface area contributed by atoms with Crippen LogP contribution in [0.4, 0.5) is 0 Å². The number of aryl methyl sites for hydroxylation is 2. The van der Waals surface area contributed by atoms with Crippen LogP contribution >= 0.6 is 0 Å². The van der Waals surface area contributed by atoms with Gasteiger partial charge in [0.15, 0.2) is 0 Å². The first-order valence-corrected chi connectivity index (χ1v) is 7.14. The molecule has 0 heterocycles. The third-order valence-corrected chi connectivity index (χ3v) is 4.41. The Bertz CT molecular complexity index is 462. The zero-order valence-corrected chi connectivity index (χ0v) is 10.8. The van der Waals surface area contributed by atoms with Gasteiger partial charge in [-0.2, -0.15) is 0 Å². The van der Waals surface area contributed by atoms with Gasteiger partial charge in [-0.15, -0.1) is 0 Å². The summed E-state index contributed by atoms with van der Waals surface area (Å²) in [7, 11) is 0. The smallest absolute Gasteiger partial charge is 0.218 e. The molecule has 0 aliphatic heterocycles. The fourth-order valence-corrected chi connectivity index (χ4v) is 3.26. The average molecular weight is 243 g/mol. The number of hydrogen-bond donors (Lipinski definition) is 1. The van der Waals surface area contributed by atoms with E-state index in [0.29, 0.717) is 18.3 Å². The van der Waals surface area contributed by atoms with E-state index in [0.717, 1.165) is 0 Å². The Morgan fingerprint density at radius 1 is 1.22 bits per heavy atom. The summed E-state index contributed by atoms with van der Waals surface area (Å²) in [5.41, 5.74) is 9.76. The highest BCUT2D eigenvalue weighted by molar-refractivity contribution is 5.75. The number of amides is 1. The Balaban J connectivity index is 1.87. The van der Waals surface area contributed by atoms with Crippen LogP contribution in [0, 0.1) is 5.92 Å². The second-order valence-electron chi connectivity index (χ2n) is 5.85. The van der Waals surface area contributed by atoms with Gasteiger partial charge >= 0.3 is 0 Å². The molecular weight excluding hydrogens is 222 g/mol. The Morgan fingerprint density at radius 2 is 1.94 bits per heavy atom. The van der Waals surface area contributed by atoms with Crippen molar-refractivity contribution >= 4 is 5.91 Å². The summed E-state index contributed by atoms with van der Waals surface area (Å²) >= 11 is 0. The number of hydrogen-bond acceptors (Lipinski definition) is 1. The average Bonchev–Trinajstić information content (AvgIpc) is 3.19. The van der Waals surface area contributed by atoms with E-state index >= 15 is 0 Å². The van der Waals surface area contributed by atoms with Crippen molar-refractivity contribution in [2.24, 2.45) is 11.7 Å². The monoisotopic (exact) mass is 243 g/mol. The molecule has 1 atom stereocenters. The van der Waals surface area contributed by atoms with Gasteiger partial charge in [0, 0.05) is 6.42 Å². The highest BCUT2D eigenvalue weighted by Crippen LogP contribution is 2.45. The molecule has 2 aliphatic carbocycles. The van der Waals surface area contributed by atoms with Crippen molar-refractivity contribution in [1.29, 1.82) is 0 Å². The molecule has 1 unspecified atom stereocenters. The SMILES string of the molecule is NC(=O)CC(c1ccc2c(c1)CCCC2)C1CC1. The van der Waals surface area contributed by atoms with Gasteiger partial charge in [-0.3, -0.25) is 4.79 Å². The van der Waals surface area contributed by atoms with E-state index < -0.39 is 0 Å². The molecule has 2 nitrogen and oxygen atoms in total. The molecule has 2 N–H and O–H groups in total. The third kappa shape index (κ3) is 2.43. The van der Waals surface area contributed by atoms with Crippen molar-refractivity contribution < 1.29 is 4.79 Å². The van der Waals surface area contributed by atoms with Crippen LogP contribution in [0.1, 0.15) is 54.7 Å². The lowest BCUT2D eigenvalue weighted by Gasteiger charge is -2.20. The third-order valence-electron chi connectivity index (χ3n) is 4.41. The maximum Gasteiger partial charge on any atom is 0.218 e. The van der Waals surface area contributed by atoms with Crippen LogP contribution in [0.5, 0.6) is 0 Å². The number of benzene rings is 1. The van der Waals surface area contributed by atoms with Crippen LogP contribution < -0.4 is 5.73 Å². The van der Waals surface area contributed by atoms with Crippen molar-refractivity contribution in [2.75, 3.05) is 0 Å². The first kappa shape index (κ1) is 11.8. The van der Waals surface area contributed by atoms with Gasteiger partial charge in [0.25, 0.3) is 0 Å². The lowest BCUT2D eigenvalue weighted by atomic mass is 9.85. The highest BCUT2D eigenvalue weighted by Gasteiger charge is 2.33. The summed E-state index contributed by atoms with van der Waals surface area (Å²) in [5, 5.41) is 0. The van der Waals surface area contributed by atoms with Crippen LogP contribution in [-0.2, 0) is 17.6 Å². The van der Waals surface area contributed by atoms with Gasteiger partial charge in [-0.25, -0.2) is 0 Å². The highest BCUT2D eigenvalue weighted by atomic mass is 16.1. The van der Waals surface area contributed by atoms with Crippen molar-refractivity contribution in [3.63, 3.8) is 0 Å². The lowest BCUT2D eigenvalue weighted by molar-refractivity contribution is -0.118. The molecule has 1 saturated carbocycles. The quantitative estimate of drug-likeness (QED) is 0.868. The Morgan fingerprint density at radius 3 is 2.61 bits per heavy atom. The molecule has 96 valence electrons. The maximum atomic E-state index is 11.2. The summed E-state index contributed by atoms with van der Waals surface area (Å²) in [6.45, 7) is 0. The zero-order valence-electron chi connectivity index (χ0n) is 10.8. The number of rotatable bonds is 4. The van der Waals surface area contributed by atoms with E-state index in [1.165, 1.54) is 55.2 Å². The van der Waals surface area contributed by atoms with Crippen molar-refractivity contribution in [3.05, 3.63) is 34.9 Å². The number of primary amides is 1. The molecule has 0 spiro atoms. The molecule has 3 rings (SSSR count). The van der Waals surface area contributed by atoms with Gasteiger partial charge in [0.05, 0.1) is 0 Å². The van der Waals surface area contributed by atoms with E-state index in [1.807, 2.05) is 0 Å². The standard InChI is InChI=1S/C16H21NO/c17-16(18)10-15(12-6-7-12)14-8-5-11-3-1-2-4-13(11)9-14/h5,8-9,12,15H,1-4,6-7,10H2,(H2,17,18). The van der Waals surface area contributed by atoms with Gasteiger partial charge in [0.1, 0.15) is 0 Å². The molecule has 0 aromatic heterocycles. The molecule has 1 fully saturated rings. The van der Waals surface area contributed by atoms with Gasteiger partial charge in [-0.1, -0.05) is 18.2 Å². The molecule has 1 amide bonds. The largest absolute Gasteiger partial charge is 0.370 e. The fourth-order valence-electron chi connectivity index (χ4n) is 3.26. The summed E-state index contributed by atoms with van der Waals surface area (Å²) in [4.78, 5) is 11.2. The first-order valence-electron chi connectivity index (χ1n) is 7.14. The molecular formula is C16H21NO. The van der Waals surface area contributed by atoms with Crippen LogP contribution in [0.3, 0.4) is 0 Å². The lowest BCUT2D eigenvalue weighted by Crippen LogP contribution is -2.17. The van der Waals surface area contributed by atoms with Crippen LogP contribution in [0.25, 0.3) is 0 Å². The topological polar surface area (TPSA) is 43.1 Å². The summed E-state index contributed by atoms with van der Waals surface area (Å²) in [6, 6.07) is 6.86. The van der Waals surface area contributed by atoms with Crippen LogP contribution in [0.2, 0.25) is 0 Å². The number of carbonyl (C=O) groups is 1. The predicted molar refractivity (Wildman–Crippen MR) is 72.4 cm³/mol. The molecule has 0 radical (unpaired) electrons. The van der Waals surface area contributed by atoms with Gasteiger partial charge in [-0.05, 0) is 67.1 Å². The van der Waals surface area contributed by atoms with Crippen molar-refractivity contribution in [3.8, 4) is 0 Å². The zero-order chi connectivity index (χ0) is 12.5. The second-order valence-corrected chi connectivity index (χ2v) is 5.85. The minimum Gasteiger partial charge on any atom is -0.370 e. The van der Waals surface area contributed by atoms with Crippen molar-refractivity contribution in [2.45, 2.75) is 50.9 Å². The predicted octanol–water partition coefficient (Wildman–Crippen LogP) is 2.93. The molecule has 1 aromatic carbocycles. The second kappa shape index (κ2) is 4.75. The maximum absolute atomic E-state index is 11.2. The molecule has 2 aliphatic rings. The molecule has 0 bridgehead atoms. The van der Waals surface area contributed by atoms with Crippen LogP contribution in [-0.4, -0.2) is 5.91 Å². The molecule has 2 heteroatoms. The summed E-state index contributed by atoms with van der Waals surface area (Å²) in [5.74, 6) is 0.901. The molecule has 0 saturated heterocycles. The Labute approximate surface area is 109 Å². The van der Waals surface area contributed by atoms with Gasteiger partial charge in [0.2, 0.25) is 5.91 Å². The van der Waals surface area contributed by atoms with Crippen molar-refractivity contribution in [1.82, 2.24) is 0 Å². The molecule has 1 aromatic rings. The Hall–Kier alpha value is -1.31. The van der Waals surface area contributed by atoms with Crippen LogP contribution in [0.15, 0.2) is 18.2 Å². The van der Waals surface area contributed by atoms with Gasteiger partial charge < -0.3 is 5.73 Å². The van der Waals surface area contributed by atoms with E-state index in [1.54, 1.807) is 0 Å². The van der Waals surface area contributed by atoms with E-state index in [-0.39, 0.29) is 5.91 Å².